The van der Waals surface area contributed by atoms with Crippen LogP contribution >= 0.6 is 11.8 Å². The van der Waals surface area contributed by atoms with Crippen LogP contribution in [0.25, 0.3) is 0 Å². The molecule has 0 saturated heterocycles. The molecule has 4 heteroatoms. The zero-order valence-corrected chi connectivity index (χ0v) is 18.9. The molecular weight excluding hydrogens is 378 g/mol. The molecule has 0 bridgehead atoms. The fourth-order valence-corrected chi connectivity index (χ4v) is 9.23. The Morgan fingerprint density at radius 1 is 1.14 bits per heavy atom. The molecule has 3 saturated carbocycles. The van der Waals surface area contributed by atoms with Crippen LogP contribution in [0.15, 0.2) is 23.3 Å². The van der Waals surface area contributed by atoms with Gasteiger partial charge in [-0.25, -0.2) is 4.79 Å². The molecule has 3 nitrogen and oxygen atoms in total. The SMILES string of the molecule is C[C@]12CC[C@H]3[C@@H](CCC4=C[C@@H](SCCN)CC[C@@]43C)[C@@H]1CC[C@@H]2C1=CC(=O)OC1. The Balaban J connectivity index is 1.37. The number of rotatable bonds is 4. The van der Waals surface area contributed by atoms with Crippen molar-refractivity contribution >= 4 is 17.7 Å². The van der Waals surface area contributed by atoms with Gasteiger partial charge in [0.15, 0.2) is 0 Å². The summed E-state index contributed by atoms with van der Waals surface area (Å²) < 4.78 is 5.29. The van der Waals surface area contributed by atoms with Gasteiger partial charge in [0.2, 0.25) is 0 Å². The Bertz CT molecular complexity index is 745. The molecule has 5 aliphatic rings. The molecule has 2 N–H and O–H groups in total. The molecule has 7 atom stereocenters. The van der Waals surface area contributed by atoms with Crippen molar-refractivity contribution in [2.24, 2.45) is 40.2 Å². The summed E-state index contributed by atoms with van der Waals surface area (Å²) in [5.74, 6) is 4.08. The minimum atomic E-state index is -0.120. The number of nitrogens with two attached hydrogens (primary N) is 1. The second kappa shape index (κ2) is 7.44. The summed E-state index contributed by atoms with van der Waals surface area (Å²) in [6, 6.07) is 0. The van der Waals surface area contributed by atoms with E-state index in [9.17, 15) is 4.79 Å². The lowest BCUT2D eigenvalue weighted by atomic mass is 9.46. The van der Waals surface area contributed by atoms with Crippen LogP contribution in [0.2, 0.25) is 0 Å². The van der Waals surface area contributed by atoms with Gasteiger partial charge < -0.3 is 10.5 Å². The fourth-order valence-electron chi connectivity index (χ4n) is 8.25. The minimum Gasteiger partial charge on any atom is -0.458 e. The van der Waals surface area contributed by atoms with Gasteiger partial charge in [-0.1, -0.05) is 25.5 Å². The summed E-state index contributed by atoms with van der Waals surface area (Å²) in [6.07, 6.45) is 15.1. The van der Waals surface area contributed by atoms with Gasteiger partial charge in [-0.15, -0.1) is 0 Å². The summed E-state index contributed by atoms with van der Waals surface area (Å²) in [6.45, 7) is 6.48. The van der Waals surface area contributed by atoms with E-state index in [1.54, 1.807) is 5.57 Å². The molecule has 1 heterocycles. The highest BCUT2D eigenvalue weighted by Gasteiger charge is 2.59. The van der Waals surface area contributed by atoms with Gasteiger partial charge in [0.1, 0.15) is 6.61 Å². The smallest absolute Gasteiger partial charge is 0.331 e. The maximum Gasteiger partial charge on any atom is 0.331 e. The number of carbonyl (C=O) groups excluding carboxylic acids is 1. The summed E-state index contributed by atoms with van der Waals surface area (Å²) >= 11 is 2.06. The molecule has 160 valence electrons. The van der Waals surface area contributed by atoms with Crippen molar-refractivity contribution in [2.75, 3.05) is 18.9 Å². The molecule has 0 unspecified atom stereocenters. The standard InChI is InChI=1S/C25H37NO2S/c1-24-9-7-18(29-12-11-26)14-17(24)3-4-19-21-6-5-20(16-13-23(27)28-15-16)25(21,2)10-8-22(19)24/h13-14,18-22H,3-12,15,26H2,1-2H3/t18-,19-,20+,21-,22-,24-,25+/m0/s1. The molecular formula is C25H37NO2S. The van der Waals surface area contributed by atoms with Gasteiger partial charge >= 0.3 is 5.97 Å². The predicted molar refractivity (Wildman–Crippen MR) is 120 cm³/mol. The van der Waals surface area contributed by atoms with Crippen molar-refractivity contribution in [1.29, 1.82) is 0 Å². The van der Waals surface area contributed by atoms with Crippen molar-refractivity contribution < 1.29 is 9.53 Å². The zero-order valence-electron chi connectivity index (χ0n) is 18.1. The number of fused-ring (bicyclic) bond motifs is 5. The number of carbonyl (C=O) groups is 1. The molecule has 3 fully saturated rings. The summed E-state index contributed by atoms with van der Waals surface area (Å²) in [5.41, 5.74) is 9.60. The third-order valence-electron chi connectivity index (χ3n) is 9.65. The van der Waals surface area contributed by atoms with E-state index in [0.717, 1.165) is 30.1 Å². The van der Waals surface area contributed by atoms with Crippen LogP contribution in [0.5, 0.6) is 0 Å². The second-order valence-electron chi connectivity index (χ2n) is 10.8. The number of hydrogen-bond acceptors (Lipinski definition) is 4. The largest absolute Gasteiger partial charge is 0.458 e. The van der Waals surface area contributed by atoms with E-state index in [-0.39, 0.29) is 5.97 Å². The van der Waals surface area contributed by atoms with Gasteiger partial charge in [-0.05, 0) is 91.4 Å². The molecule has 5 rings (SSSR count). The van der Waals surface area contributed by atoms with Crippen molar-refractivity contribution in [2.45, 2.75) is 70.5 Å². The lowest BCUT2D eigenvalue weighted by Gasteiger charge is -2.58. The second-order valence-corrected chi connectivity index (χ2v) is 12.1. The predicted octanol–water partition coefficient (Wildman–Crippen LogP) is 5.11. The average Bonchev–Trinajstić information content (AvgIpc) is 3.28. The first-order chi connectivity index (χ1) is 14.0. The molecule has 29 heavy (non-hydrogen) atoms. The third-order valence-corrected chi connectivity index (χ3v) is 10.9. The maximum absolute atomic E-state index is 11.7. The quantitative estimate of drug-likeness (QED) is 0.512. The Labute approximate surface area is 180 Å². The molecule has 1 aliphatic heterocycles. The van der Waals surface area contributed by atoms with Crippen LogP contribution in [0.1, 0.15) is 65.2 Å². The first-order valence-corrected chi connectivity index (χ1v) is 12.9. The van der Waals surface area contributed by atoms with Gasteiger partial charge in [0.25, 0.3) is 0 Å². The number of cyclic esters (lactones) is 1. The lowest BCUT2D eigenvalue weighted by Crippen LogP contribution is -2.50. The molecule has 0 amide bonds. The summed E-state index contributed by atoms with van der Waals surface area (Å²) in [4.78, 5) is 11.7. The van der Waals surface area contributed by atoms with E-state index in [1.807, 2.05) is 6.08 Å². The topological polar surface area (TPSA) is 52.3 Å². The lowest BCUT2D eigenvalue weighted by molar-refractivity contribution is -0.135. The summed E-state index contributed by atoms with van der Waals surface area (Å²) in [5, 5.41) is 0.690. The number of thioether (sulfide) groups is 1. The molecule has 0 aromatic rings. The van der Waals surface area contributed by atoms with E-state index >= 15 is 0 Å². The van der Waals surface area contributed by atoms with E-state index in [2.05, 4.69) is 31.7 Å². The van der Waals surface area contributed by atoms with Crippen LogP contribution in [-0.2, 0) is 9.53 Å². The minimum absolute atomic E-state index is 0.120. The maximum atomic E-state index is 11.7. The normalized spacial score (nSPS) is 46.3. The Hall–Kier alpha value is -0.740. The van der Waals surface area contributed by atoms with E-state index in [4.69, 9.17) is 10.5 Å². The van der Waals surface area contributed by atoms with E-state index < -0.39 is 0 Å². The fraction of sp³-hybridized carbons (Fsp3) is 0.800. The van der Waals surface area contributed by atoms with Crippen LogP contribution in [-0.4, -0.2) is 30.1 Å². The monoisotopic (exact) mass is 415 g/mol. The highest BCUT2D eigenvalue weighted by Crippen LogP contribution is 2.67. The highest BCUT2D eigenvalue weighted by atomic mass is 32.2. The first kappa shape index (κ1) is 20.2. The zero-order chi connectivity index (χ0) is 20.2. The van der Waals surface area contributed by atoms with Crippen LogP contribution in [0, 0.1) is 34.5 Å². The van der Waals surface area contributed by atoms with E-state index in [1.165, 1.54) is 56.9 Å². The number of ether oxygens (including phenoxy) is 1. The van der Waals surface area contributed by atoms with Crippen molar-refractivity contribution in [3.63, 3.8) is 0 Å². The third kappa shape index (κ3) is 3.15. The molecule has 4 aliphatic carbocycles. The molecule has 0 aromatic carbocycles. The average molecular weight is 416 g/mol. The van der Waals surface area contributed by atoms with Crippen LogP contribution in [0.4, 0.5) is 0 Å². The van der Waals surface area contributed by atoms with Gasteiger partial charge in [-0.2, -0.15) is 11.8 Å². The molecule has 0 aromatic heterocycles. The highest BCUT2D eigenvalue weighted by molar-refractivity contribution is 8.00. The molecule has 0 radical (unpaired) electrons. The number of allylic oxidation sites excluding steroid dienone is 1. The van der Waals surface area contributed by atoms with Crippen LogP contribution in [0.3, 0.4) is 0 Å². The van der Waals surface area contributed by atoms with Crippen molar-refractivity contribution in [3.8, 4) is 0 Å². The van der Waals surface area contributed by atoms with Gasteiger partial charge in [0, 0.05) is 23.6 Å². The van der Waals surface area contributed by atoms with Crippen molar-refractivity contribution in [1.82, 2.24) is 0 Å². The van der Waals surface area contributed by atoms with Crippen molar-refractivity contribution in [3.05, 3.63) is 23.3 Å². The summed E-state index contributed by atoms with van der Waals surface area (Å²) in [7, 11) is 0. The first-order valence-electron chi connectivity index (χ1n) is 11.9. The van der Waals surface area contributed by atoms with Gasteiger partial charge in [0.05, 0.1) is 0 Å². The molecule has 0 spiro atoms. The number of esters is 1. The van der Waals surface area contributed by atoms with Gasteiger partial charge in [-0.3, -0.25) is 0 Å². The van der Waals surface area contributed by atoms with E-state index in [0.29, 0.717) is 28.6 Å². The Morgan fingerprint density at radius 2 is 2.00 bits per heavy atom. The number of hydrogen-bond donors (Lipinski definition) is 1. The van der Waals surface area contributed by atoms with Crippen LogP contribution < -0.4 is 5.73 Å². The Morgan fingerprint density at radius 3 is 2.76 bits per heavy atom. The Kier molecular flexibility index (Phi) is 5.18.